The first-order chi connectivity index (χ1) is 9.28. The van der Waals surface area contributed by atoms with E-state index in [9.17, 15) is 0 Å². The van der Waals surface area contributed by atoms with E-state index in [2.05, 4.69) is 38.4 Å². The Balaban J connectivity index is 1.77. The zero-order valence-corrected chi connectivity index (χ0v) is 13.2. The van der Waals surface area contributed by atoms with E-state index in [1.165, 1.54) is 19.3 Å². The number of pyridine rings is 1. The lowest BCUT2D eigenvalue weighted by Crippen LogP contribution is -2.30. The van der Waals surface area contributed by atoms with Gasteiger partial charge in [0, 0.05) is 35.4 Å². The van der Waals surface area contributed by atoms with Crippen molar-refractivity contribution < 1.29 is 4.74 Å². The van der Waals surface area contributed by atoms with Crippen LogP contribution in [0.25, 0.3) is 0 Å². The highest BCUT2D eigenvalue weighted by atomic mass is 79.9. The van der Waals surface area contributed by atoms with Crippen LogP contribution in [0.2, 0.25) is 0 Å². The Kier molecular flexibility index (Phi) is 6.28. The number of hydrogen-bond acceptors (Lipinski definition) is 3. The molecule has 2 rings (SSSR count). The van der Waals surface area contributed by atoms with Crippen LogP contribution in [0.3, 0.4) is 0 Å². The number of nitrogens with one attached hydrogen (secondary N) is 1. The topological polar surface area (TPSA) is 34.1 Å². The number of nitrogens with zero attached hydrogens (tertiary/aromatic N) is 1. The maximum absolute atomic E-state index is 5.79. The van der Waals surface area contributed by atoms with Crippen molar-refractivity contribution in [1.82, 2.24) is 10.3 Å². The Morgan fingerprint density at radius 2 is 2.37 bits per heavy atom. The predicted molar refractivity (Wildman–Crippen MR) is 81.3 cm³/mol. The first kappa shape index (κ1) is 14.9. The van der Waals surface area contributed by atoms with Gasteiger partial charge in [-0.15, -0.1) is 0 Å². The van der Waals surface area contributed by atoms with Gasteiger partial charge in [-0.05, 0) is 67.2 Å². The lowest BCUT2D eigenvalue weighted by Gasteiger charge is -2.24. The molecule has 1 aromatic heterocycles. The van der Waals surface area contributed by atoms with Gasteiger partial charge in [0.05, 0.1) is 6.10 Å². The molecule has 2 unspecified atom stereocenters. The molecular formula is C15H23BrN2O. The maximum atomic E-state index is 5.79. The van der Waals surface area contributed by atoms with Crippen molar-refractivity contribution in [3.05, 3.63) is 28.5 Å². The molecule has 1 aliphatic heterocycles. The number of rotatable bonds is 6. The number of likely N-dealkylation sites (N-methyl/N-ethyl adjacent to an activating group) is 1. The molecule has 2 atom stereocenters. The van der Waals surface area contributed by atoms with Gasteiger partial charge in [-0.25, -0.2) is 0 Å². The van der Waals surface area contributed by atoms with E-state index in [1.54, 1.807) is 0 Å². The largest absolute Gasteiger partial charge is 0.378 e. The highest BCUT2D eigenvalue weighted by Crippen LogP contribution is 2.18. The van der Waals surface area contributed by atoms with Gasteiger partial charge in [-0.2, -0.15) is 0 Å². The average molecular weight is 327 g/mol. The summed E-state index contributed by atoms with van der Waals surface area (Å²) in [7, 11) is 2.03. The number of aromatic nitrogens is 1. The van der Waals surface area contributed by atoms with Gasteiger partial charge < -0.3 is 10.1 Å². The first-order valence-corrected chi connectivity index (χ1v) is 7.96. The lowest BCUT2D eigenvalue weighted by molar-refractivity contribution is 0.00868. The molecule has 0 amide bonds. The Hall–Kier alpha value is -0.450. The summed E-state index contributed by atoms with van der Waals surface area (Å²) in [4.78, 5) is 4.44. The minimum atomic E-state index is 0.475. The second kappa shape index (κ2) is 7.98. The van der Waals surface area contributed by atoms with Crippen LogP contribution in [0.15, 0.2) is 22.8 Å². The summed E-state index contributed by atoms with van der Waals surface area (Å²) >= 11 is 3.42. The summed E-state index contributed by atoms with van der Waals surface area (Å²) in [5.74, 6) is 0. The zero-order chi connectivity index (χ0) is 13.5. The summed E-state index contributed by atoms with van der Waals surface area (Å²) in [6, 6.07) is 4.63. The van der Waals surface area contributed by atoms with E-state index < -0.39 is 0 Å². The molecule has 1 aliphatic rings. The highest BCUT2D eigenvalue weighted by molar-refractivity contribution is 9.10. The van der Waals surface area contributed by atoms with Gasteiger partial charge in [0.2, 0.25) is 0 Å². The van der Waals surface area contributed by atoms with Gasteiger partial charge in [0.1, 0.15) is 0 Å². The standard InChI is InChI=1S/C15H23BrN2O/c1-17-13(7-8-15-4-2-3-9-19-15)10-14-6-5-12(16)11-18-14/h5-6,11,13,15,17H,2-4,7-10H2,1H3. The maximum Gasteiger partial charge on any atom is 0.0575 e. The molecule has 1 saturated heterocycles. The van der Waals surface area contributed by atoms with Crippen LogP contribution in [0.5, 0.6) is 0 Å². The third kappa shape index (κ3) is 5.21. The van der Waals surface area contributed by atoms with E-state index in [-0.39, 0.29) is 0 Å². The predicted octanol–water partition coefficient (Wildman–Crippen LogP) is 3.32. The molecule has 0 radical (unpaired) electrons. The van der Waals surface area contributed by atoms with Crippen molar-refractivity contribution in [2.45, 2.75) is 50.7 Å². The molecule has 0 spiro atoms. The SMILES string of the molecule is CNC(CCC1CCCCO1)Cc1ccc(Br)cn1. The number of ether oxygens (including phenoxy) is 1. The van der Waals surface area contributed by atoms with E-state index in [0.717, 1.165) is 36.0 Å². The van der Waals surface area contributed by atoms with Crippen molar-refractivity contribution in [1.29, 1.82) is 0 Å². The molecule has 1 N–H and O–H groups in total. The normalized spacial score (nSPS) is 21.3. The Bertz CT molecular complexity index is 363. The van der Waals surface area contributed by atoms with Crippen LogP contribution in [-0.4, -0.2) is 30.8 Å². The summed E-state index contributed by atoms with van der Waals surface area (Å²) in [6.07, 6.45) is 9.41. The van der Waals surface area contributed by atoms with E-state index in [4.69, 9.17) is 4.74 Å². The quantitative estimate of drug-likeness (QED) is 0.870. The molecule has 0 aliphatic carbocycles. The lowest BCUT2D eigenvalue weighted by atomic mass is 9.99. The van der Waals surface area contributed by atoms with Gasteiger partial charge in [-0.3, -0.25) is 4.98 Å². The van der Waals surface area contributed by atoms with E-state index >= 15 is 0 Å². The summed E-state index contributed by atoms with van der Waals surface area (Å²) < 4.78 is 6.82. The smallest absolute Gasteiger partial charge is 0.0575 e. The van der Waals surface area contributed by atoms with Crippen LogP contribution in [0.1, 0.15) is 37.8 Å². The molecule has 3 nitrogen and oxygen atoms in total. The van der Waals surface area contributed by atoms with Gasteiger partial charge in [-0.1, -0.05) is 0 Å². The van der Waals surface area contributed by atoms with Crippen molar-refractivity contribution in [3.8, 4) is 0 Å². The molecule has 0 saturated carbocycles. The molecule has 19 heavy (non-hydrogen) atoms. The van der Waals surface area contributed by atoms with E-state index in [0.29, 0.717) is 12.1 Å². The molecular weight excluding hydrogens is 304 g/mol. The van der Waals surface area contributed by atoms with Crippen molar-refractivity contribution in [3.63, 3.8) is 0 Å². The second-order valence-electron chi connectivity index (χ2n) is 5.22. The van der Waals surface area contributed by atoms with Crippen LogP contribution < -0.4 is 5.32 Å². The summed E-state index contributed by atoms with van der Waals surface area (Å²) in [5, 5.41) is 3.40. The Labute approximate surface area is 124 Å². The minimum absolute atomic E-state index is 0.475. The van der Waals surface area contributed by atoms with Crippen LogP contribution in [-0.2, 0) is 11.2 Å². The molecule has 2 heterocycles. The van der Waals surface area contributed by atoms with Crippen LogP contribution in [0.4, 0.5) is 0 Å². The molecule has 0 aromatic carbocycles. The fourth-order valence-electron chi connectivity index (χ4n) is 2.55. The number of halogens is 1. The third-order valence-corrected chi connectivity index (χ3v) is 4.23. The second-order valence-corrected chi connectivity index (χ2v) is 6.14. The Morgan fingerprint density at radius 1 is 1.47 bits per heavy atom. The van der Waals surface area contributed by atoms with Crippen molar-refractivity contribution >= 4 is 15.9 Å². The van der Waals surface area contributed by atoms with Crippen LogP contribution >= 0.6 is 15.9 Å². The van der Waals surface area contributed by atoms with Gasteiger partial charge in [0.15, 0.2) is 0 Å². The van der Waals surface area contributed by atoms with Gasteiger partial charge in [0.25, 0.3) is 0 Å². The van der Waals surface area contributed by atoms with Crippen LogP contribution in [0, 0.1) is 0 Å². The summed E-state index contributed by atoms with van der Waals surface area (Å²) in [6.45, 7) is 0.948. The van der Waals surface area contributed by atoms with Crippen molar-refractivity contribution in [2.24, 2.45) is 0 Å². The zero-order valence-electron chi connectivity index (χ0n) is 11.6. The minimum Gasteiger partial charge on any atom is -0.378 e. The number of hydrogen-bond donors (Lipinski definition) is 1. The molecule has 1 aromatic rings. The average Bonchev–Trinajstić information content (AvgIpc) is 2.46. The first-order valence-electron chi connectivity index (χ1n) is 7.17. The molecule has 1 fully saturated rings. The van der Waals surface area contributed by atoms with E-state index in [1.807, 2.05) is 13.2 Å². The fraction of sp³-hybridized carbons (Fsp3) is 0.667. The highest BCUT2D eigenvalue weighted by Gasteiger charge is 2.16. The van der Waals surface area contributed by atoms with Gasteiger partial charge >= 0.3 is 0 Å². The molecule has 106 valence electrons. The fourth-order valence-corrected chi connectivity index (χ4v) is 2.78. The van der Waals surface area contributed by atoms with Crippen molar-refractivity contribution in [2.75, 3.05) is 13.7 Å². The Morgan fingerprint density at radius 3 is 3.00 bits per heavy atom. The molecule has 4 heteroatoms. The molecule has 0 bridgehead atoms. The monoisotopic (exact) mass is 326 g/mol. The third-order valence-electron chi connectivity index (χ3n) is 3.76. The summed E-state index contributed by atoms with van der Waals surface area (Å²) in [5.41, 5.74) is 1.15.